The molecule has 0 aliphatic carbocycles. The van der Waals surface area contributed by atoms with Gasteiger partial charge in [0.25, 0.3) is 0 Å². The van der Waals surface area contributed by atoms with Crippen molar-refractivity contribution in [2.45, 2.75) is 6.42 Å². The predicted octanol–water partition coefficient (Wildman–Crippen LogP) is 2.20. The van der Waals surface area contributed by atoms with E-state index < -0.39 is 11.6 Å². The number of Topliss-reactive ketones (excluding diaryl/α,β-unsaturated/α-hetero) is 1. The summed E-state index contributed by atoms with van der Waals surface area (Å²) >= 11 is 0. The molecule has 0 atom stereocenters. The summed E-state index contributed by atoms with van der Waals surface area (Å²) in [4.78, 5) is 11.5. The Hall–Kier alpha value is -1.33. The number of hydrogen-bond donors (Lipinski definition) is 0. The molecule has 0 heterocycles. The maximum absolute atomic E-state index is 12.8. The third kappa shape index (κ3) is 4.58. The summed E-state index contributed by atoms with van der Waals surface area (Å²) < 4.78 is 35.3. The average Bonchev–Trinajstić information content (AvgIpc) is 2.32. The quantitative estimate of drug-likeness (QED) is 0.545. The summed E-state index contributed by atoms with van der Waals surface area (Å²) in [6, 6.07) is 3.03. The van der Waals surface area contributed by atoms with E-state index in [0.29, 0.717) is 19.6 Å². The summed E-state index contributed by atoms with van der Waals surface area (Å²) in [5.41, 5.74) is 0.107. The van der Waals surface area contributed by atoms with Crippen LogP contribution in [0.2, 0.25) is 0 Å². The molecule has 0 unspecified atom stereocenters. The van der Waals surface area contributed by atoms with Crippen LogP contribution in [0, 0.1) is 11.6 Å². The number of halogens is 2. The molecule has 0 amide bonds. The SMILES string of the molecule is COCCCOCC(=O)c1ccc(F)c(F)c1. The van der Waals surface area contributed by atoms with Crippen LogP contribution < -0.4 is 0 Å². The van der Waals surface area contributed by atoms with Gasteiger partial charge >= 0.3 is 0 Å². The number of ether oxygens (including phenoxy) is 2. The van der Waals surface area contributed by atoms with Crippen molar-refractivity contribution in [3.63, 3.8) is 0 Å². The molecular formula is C12H14F2O3. The summed E-state index contributed by atoms with van der Waals surface area (Å²) in [7, 11) is 1.58. The van der Waals surface area contributed by atoms with Gasteiger partial charge in [-0.25, -0.2) is 8.78 Å². The first-order chi connectivity index (χ1) is 8.15. The van der Waals surface area contributed by atoms with Gasteiger partial charge in [0.2, 0.25) is 0 Å². The number of rotatable bonds is 7. The highest BCUT2D eigenvalue weighted by molar-refractivity contribution is 5.97. The Balaban J connectivity index is 2.39. The van der Waals surface area contributed by atoms with E-state index in [1.54, 1.807) is 7.11 Å². The topological polar surface area (TPSA) is 35.5 Å². The number of carbonyl (C=O) groups is 1. The Morgan fingerprint density at radius 2 is 2.00 bits per heavy atom. The third-order valence-electron chi connectivity index (χ3n) is 2.11. The minimum absolute atomic E-state index is 0.107. The summed E-state index contributed by atoms with van der Waals surface area (Å²) in [5.74, 6) is -2.38. The van der Waals surface area contributed by atoms with Crippen molar-refractivity contribution in [1.82, 2.24) is 0 Å². The fourth-order valence-corrected chi connectivity index (χ4v) is 1.22. The Morgan fingerprint density at radius 3 is 2.65 bits per heavy atom. The Kier molecular flexibility index (Phi) is 5.72. The lowest BCUT2D eigenvalue weighted by Crippen LogP contribution is -2.11. The number of hydrogen-bond acceptors (Lipinski definition) is 3. The molecule has 1 aromatic rings. The molecule has 0 spiro atoms. The van der Waals surface area contributed by atoms with Gasteiger partial charge < -0.3 is 9.47 Å². The van der Waals surface area contributed by atoms with Crippen LogP contribution in [-0.4, -0.2) is 32.7 Å². The Morgan fingerprint density at radius 1 is 1.24 bits per heavy atom. The number of methoxy groups -OCH3 is 1. The second-order valence-electron chi connectivity index (χ2n) is 3.45. The molecule has 0 radical (unpaired) electrons. The molecule has 0 N–H and O–H groups in total. The van der Waals surface area contributed by atoms with Gasteiger partial charge in [0.15, 0.2) is 17.4 Å². The van der Waals surface area contributed by atoms with Gasteiger partial charge in [0, 0.05) is 25.9 Å². The number of ketones is 1. The van der Waals surface area contributed by atoms with Gasteiger partial charge in [0.1, 0.15) is 6.61 Å². The number of benzene rings is 1. The van der Waals surface area contributed by atoms with Crippen LogP contribution in [-0.2, 0) is 9.47 Å². The third-order valence-corrected chi connectivity index (χ3v) is 2.11. The minimum atomic E-state index is -1.03. The number of carbonyl (C=O) groups excluding carboxylic acids is 1. The molecule has 0 bridgehead atoms. The average molecular weight is 244 g/mol. The molecule has 0 saturated carbocycles. The van der Waals surface area contributed by atoms with Gasteiger partial charge in [-0.2, -0.15) is 0 Å². The summed E-state index contributed by atoms with van der Waals surface area (Å²) in [5, 5.41) is 0. The zero-order valence-electron chi connectivity index (χ0n) is 9.54. The van der Waals surface area contributed by atoms with E-state index in [9.17, 15) is 13.6 Å². The van der Waals surface area contributed by atoms with Gasteiger partial charge in [-0.05, 0) is 24.6 Å². The van der Waals surface area contributed by atoms with Crippen LogP contribution in [0.25, 0.3) is 0 Å². The highest BCUT2D eigenvalue weighted by Gasteiger charge is 2.09. The monoisotopic (exact) mass is 244 g/mol. The Labute approximate surface area is 98.3 Å². The smallest absolute Gasteiger partial charge is 0.188 e. The Bertz CT molecular complexity index is 380. The first-order valence-corrected chi connectivity index (χ1v) is 5.20. The predicted molar refractivity (Wildman–Crippen MR) is 58.0 cm³/mol. The first kappa shape index (κ1) is 13.7. The van der Waals surface area contributed by atoms with Crippen molar-refractivity contribution in [3.05, 3.63) is 35.4 Å². The second-order valence-corrected chi connectivity index (χ2v) is 3.45. The van der Waals surface area contributed by atoms with Crippen LogP contribution in [0.15, 0.2) is 18.2 Å². The fraction of sp³-hybridized carbons (Fsp3) is 0.417. The largest absolute Gasteiger partial charge is 0.385 e. The summed E-state index contributed by atoms with van der Waals surface area (Å²) in [6.45, 7) is 0.803. The lowest BCUT2D eigenvalue weighted by molar-refractivity contribution is 0.0704. The zero-order valence-corrected chi connectivity index (χ0v) is 9.54. The molecule has 0 aliphatic rings. The molecule has 17 heavy (non-hydrogen) atoms. The van der Waals surface area contributed by atoms with E-state index in [1.807, 2.05) is 0 Å². The van der Waals surface area contributed by atoms with Crippen LogP contribution in [0.1, 0.15) is 16.8 Å². The van der Waals surface area contributed by atoms with Crippen molar-refractivity contribution in [2.75, 3.05) is 26.9 Å². The highest BCUT2D eigenvalue weighted by atomic mass is 19.2. The molecule has 0 aromatic heterocycles. The molecular weight excluding hydrogens is 230 g/mol. The molecule has 94 valence electrons. The van der Waals surface area contributed by atoms with Gasteiger partial charge in [0.05, 0.1) is 0 Å². The molecule has 0 saturated heterocycles. The van der Waals surface area contributed by atoms with E-state index >= 15 is 0 Å². The second kappa shape index (κ2) is 7.09. The normalized spacial score (nSPS) is 10.5. The maximum atomic E-state index is 12.8. The summed E-state index contributed by atoms with van der Waals surface area (Å²) in [6.07, 6.45) is 0.682. The molecule has 5 heteroatoms. The van der Waals surface area contributed by atoms with Crippen LogP contribution in [0.3, 0.4) is 0 Å². The van der Waals surface area contributed by atoms with Crippen LogP contribution in [0.4, 0.5) is 8.78 Å². The lowest BCUT2D eigenvalue weighted by atomic mass is 10.1. The fourth-order valence-electron chi connectivity index (χ4n) is 1.22. The van der Waals surface area contributed by atoms with E-state index in [-0.39, 0.29) is 18.0 Å². The van der Waals surface area contributed by atoms with Crippen molar-refractivity contribution in [2.24, 2.45) is 0 Å². The molecule has 1 aromatic carbocycles. The lowest BCUT2D eigenvalue weighted by Gasteiger charge is -2.04. The maximum Gasteiger partial charge on any atom is 0.188 e. The van der Waals surface area contributed by atoms with Crippen molar-refractivity contribution in [3.8, 4) is 0 Å². The molecule has 0 fully saturated rings. The standard InChI is InChI=1S/C12H14F2O3/c1-16-5-2-6-17-8-12(15)9-3-4-10(13)11(14)7-9/h3-4,7H,2,5-6,8H2,1H3. The van der Waals surface area contributed by atoms with E-state index in [2.05, 4.69) is 0 Å². The van der Waals surface area contributed by atoms with E-state index in [1.165, 1.54) is 6.07 Å². The van der Waals surface area contributed by atoms with Gasteiger partial charge in [-0.15, -0.1) is 0 Å². The van der Waals surface area contributed by atoms with E-state index in [0.717, 1.165) is 12.1 Å². The van der Waals surface area contributed by atoms with Crippen LogP contribution >= 0.6 is 0 Å². The highest BCUT2D eigenvalue weighted by Crippen LogP contribution is 2.09. The van der Waals surface area contributed by atoms with Crippen molar-refractivity contribution in [1.29, 1.82) is 0 Å². The zero-order chi connectivity index (χ0) is 12.7. The van der Waals surface area contributed by atoms with Crippen molar-refractivity contribution >= 4 is 5.78 Å². The first-order valence-electron chi connectivity index (χ1n) is 5.20. The molecule has 3 nitrogen and oxygen atoms in total. The molecule has 1 rings (SSSR count). The van der Waals surface area contributed by atoms with Gasteiger partial charge in [-0.3, -0.25) is 4.79 Å². The van der Waals surface area contributed by atoms with Crippen molar-refractivity contribution < 1.29 is 23.0 Å². The van der Waals surface area contributed by atoms with E-state index in [4.69, 9.17) is 9.47 Å². The van der Waals surface area contributed by atoms with Crippen LogP contribution in [0.5, 0.6) is 0 Å². The minimum Gasteiger partial charge on any atom is -0.385 e. The van der Waals surface area contributed by atoms with Gasteiger partial charge in [-0.1, -0.05) is 0 Å². The molecule has 0 aliphatic heterocycles.